The van der Waals surface area contributed by atoms with Gasteiger partial charge in [0.25, 0.3) is 0 Å². The molecule has 2 bridgehead atoms. The molecule has 0 amide bonds. The van der Waals surface area contributed by atoms with Crippen LogP contribution in [0.1, 0.15) is 118 Å². The minimum Gasteiger partial charge on any atom is -0.481 e. The fourth-order valence-electron chi connectivity index (χ4n) is 13.5. The van der Waals surface area contributed by atoms with E-state index in [9.17, 15) is 15.0 Å². The second-order valence-electron chi connectivity index (χ2n) is 16.6. The Morgan fingerprint density at radius 3 is 2.37 bits per heavy atom. The molecule has 0 aromatic heterocycles. The van der Waals surface area contributed by atoms with Crippen LogP contribution in [0, 0.1) is 62.1 Å². The topological polar surface area (TPSA) is 66.8 Å². The van der Waals surface area contributed by atoms with Crippen molar-refractivity contribution in [3.8, 4) is 0 Å². The number of carboxylic acid groups (broad SMARTS) is 1. The molecule has 2 spiro atoms. The molecule has 6 aliphatic carbocycles. The number of hydrogen-bond donors (Lipinski definition) is 2. The minimum atomic E-state index is -0.935. The van der Waals surface area contributed by atoms with Crippen LogP contribution in [0.25, 0.3) is 0 Å². The SMILES string of the molecule is CCCC1C2(O)CC3C=CCC45CCC6(C)C7CC(C)(C(=O)O)CCC7(C)CCC6(C)C4CCC1(CO2)C35. The molecule has 5 saturated carbocycles. The summed E-state index contributed by atoms with van der Waals surface area (Å²) < 4.78 is 6.42. The predicted octanol–water partition coefficient (Wildman–Crippen LogP) is 7.60. The van der Waals surface area contributed by atoms with Crippen molar-refractivity contribution in [2.75, 3.05) is 6.61 Å². The van der Waals surface area contributed by atoms with Crippen LogP contribution in [0.3, 0.4) is 0 Å². The van der Waals surface area contributed by atoms with E-state index in [2.05, 4.69) is 39.8 Å². The van der Waals surface area contributed by atoms with E-state index in [1.54, 1.807) is 0 Å². The number of carboxylic acids is 1. The lowest BCUT2D eigenvalue weighted by Crippen LogP contribution is -2.70. The quantitative estimate of drug-likeness (QED) is 0.373. The Hall–Kier alpha value is -0.870. The van der Waals surface area contributed by atoms with E-state index >= 15 is 0 Å². The zero-order chi connectivity index (χ0) is 27.0. The van der Waals surface area contributed by atoms with Crippen LogP contribution in [-0.2, 0) is 9.53 Å². The summed E-state index contributed by atoms with van der Waals surface area (Å²) >= 11 is 0. The zero-order valence-electron chi connectivity index (χ0n) is 24.7. The van der Waals surface area contributed by atoms with Gasteiger partial charge in [-0.3, -0.25) is 4.79 Å². The van der Waals surface area contributed by atoms with Crippen molar-refractivity contribution in [2.24, 2.45) is 62.1 Å². The van der Waals surface area contributed by atoms with Gasteiger partial charge in [0.05, 0.1) is 12.0 Å². The lowest BCUT2D eigenvalue weighted by atomic mass is 9.28. The first-order chi connectivity index (χ1) is 17.8. The largest absolute Gasteiger partial charge is 0.481 e. The van der Waals surface area contributed by atoms with Crippen LogP contribution in [0.5, 0.6) is 0 Å². The molecular formula is C34H52O4. The highest BCUT2D eigenvalue weighted by atomic mass is 16.6. The molecule has 1 saturated heterocycles. The van der Waals surface area contributed by atoms with Crippen LogP contribution in [0.15, 0.2) is 12.2 Å². The van der Waals surface area contributed by atoms with Gasteiger partial charge in [-0.1, -0.05) is 46.3 Å². The molecule has 7 rings (SSSR count). The van der Waals surface area contributed by atoms with Crippen molar-refractivity contribution in [3.05, 3.63) is 12.2 Å². The fraction of sp³-hybridized carbons (Fsp3) is 0.912. The van der Waals surface area contributed by atoms with E-state index in [4.69, 9.17) is 4.74 Å². The summed E-state index contributed by atoms with van der Waals surface area (Å²) in [7, 11) is 0. The maximum atomic E-state index is 12.5. The van der Waals surface area contributed by atoms with Crippen molar-refractivity contribution < 1.29 is 19.7 Å². The lowest BCUT2D eigenvalue weighted by Gasteiger charge is -2.76. The van der Waals surface area contributed by atoms with Crippen LogP contribution in [-0.4, -0.2) is 28.6 Å². The average Bonchev–Trinajstić information content (AvgIpc) is 3.04. The van der Waals surface area contributed by atoms with Gasteiger partial charge in [-0.15, -0.1) is 0 Å². The molecule has 0 aromatic carbocycles. The standard InChI is InChI=1S/C34H52O4/c1-6-8-24-33-12-10-23-30(4)16-15-28(2)13-14-29(3,27(35)36)20-25(28)31(30,5)17-18-32(23)11-7-9-22(26(32)33)19-34(24,37)38-21-33/h7,9,22-26,37H,6,8,10-21H2,1-5H3,(H,35,36). The van der Waals surface area contributed by atoms with E-state index in [-0.39, 0.29) is 27.6 Å². The summed E-state index contributed by atoms with van der Waals surface area (Å²) in [4.78, 5) is 12.5. The number of allylic oxidation sites excluding steroid dienone is 2. The normalized spacial score (nSPS) is 60.3. The van der Waals surface area contributed by atoms with Crippen LogP contribution >= 0.6 is 0 Å². The predicted molar refractivity (Wildman–Crippen MR) is 148 cm³/mol. The highest BCUT2D eigenvalue weighted by Gasteiger charge is 2.77. The van der Waals surface area contributed by atoms with Gasteiger partial charge in [0.1, 0.15) is 0 Å². The number of aliphatic carboxylic acids is 1. The third-order valence-electron chi connectivity index (χ3n) is 15.5. The molecule has 6 fully saturated rings. The Morgan fingerprint density at radius 2 is 1.63 bits per heavy atom. The van der Waals surface area contributed by atoms with Crippen LogP contribution in [0.2, 0.25) is 0 Å². The molecule has 1 heterocycles. The molecule has 2 N–H and O–H groups in total. The number of fused-ring (bicyclic) bond motifs is 5. The maximum Gasteiger partial charge on any atom is 0.309 e. The summed E-state index contributed by atoms with van der Waals surface area (Å²) in [5, 5.41) is 22.0. The first kappa shape index (κ1) is 26.1. The van der Waals surface area contributed by atoms with Crippen molar-refractivity contribution in [1.29, 1.82) is 0 Å². The Kier molecular flexibility index (Phi) is 5.28. The first-order valence-corrected chi connectivity index (χ1v) is 16.1. The van der Waals surface area contributed by atoms with Gasteiger partial charge in [-0.05, 0) is 123 Å². The molecule has 4 nitrogen and oxygen atoms in total. The smallest absolute Gasteiger partial charge is 0.309 e. The number of carbonyl (C=O) groups is 1. The van der Waals surface area contributed by atoms with Crippen LogP contribution < -0.4 is 0 Å². The fourth-order valence-corrected chi connectivity index (χ4v) is 13.5. The lowest BCUT2D eigenvalue weighted by molar-refractivity contribution is -0.282. The molecule has 7 aliphatic rings. The molecule has 0 radical (unpaired) electrons. The van der Waals surface area contributed by atoms with Crippen molar-refractivity contribution in [2.45, 2.75) is 124 Å². The van der Waals surface area contributed by atoms with Crippen molar-refractivity contribution in [1.82, 2.24) is 0 Å². The van der Waals surface area contributed by atoms with Gasteiger partial charge in [0, 0.05) is 17.8 Å². The van der Waals surface area contributed by atoms with Gasteiger partial charge in [0.15, 0.2) is 5.79 Å². The Bertz CT molecular complexity index is 1070. The van der Waals surface area contributed by atoms with Crippen molar-refractivity contribution >= 4 is 5.97 Å². The minimum absolute atomic E-state index is 0.120. The summed E-state index contributed by atoms with van der Waals surface area (Å²) in [5.74, 6) is 0.953. The van der Waals surface area contributed by atoms with Gasteiger partial charge >= 0.3 is 5.97 Å². The van der Waals surface area contributed by atoms with Crippen LogP contribution in [0.4, 0.5) is 0 Å². The third kappa shape index (κ3) is 2.84. The second-order valence-corrected chi connectivity index (χ2v) is 16.6. The average molecular weight is 525 g/mol. The first-order valence-electron chi connectivity index (χ1n) is 16.1. The third-order valence-corrected chi connectivity index (χ3v) is 15.5. The number of hydrogen-bond acceptors (Lipinski definition) is 3. The molecule has 38 heavy (non-hydrogen) atoms. The molecule has 12 unspecified atom stereocenters. The monoisotopic (exact) mass is 524 g/mol. The highest BCUT2D eigenvalue weighted by molar-refractivity contribution is 5.74. The summed E-state index contributed by atoms with van der Waals surface area (Å²) in [6.07, 6.45) is 19.4. The van der Waals surface area contributed by atoms with Gasteiger partial charge in [0.2, 0.25) is 0 Å². The van der Waals surface area contributed by atoms with E-state index in [1.807, 2.05) is 6.92 Å². The Labute approximate surface area is 230 Å². The summed E-state index contributed by atoms with van der Waals surface area (Å²) in [6, 6.07) is 0. The van der Waals surface area contributed by atoms with Gasteiger partial charge < -0.3 is 14.9 Å². The number of ether oxygens (including phenoxy) is 1. The summed E-state index contributed by atoms with van der Waals surface area (Å²) in [6.45, 7) is 12.8. The molecule has 212 valence electrons. The second kappa shape index (κ2) is 7.69. The van der Waals surface area contributed by atoms with E-state index in [0.717, 1.165) is 45.1 Å². The molecule has 12 atom stereocenters. The van der Waals surface area contributed by atoms with E-state index in [1.165, 1.54) is 44.9 Å². The number of aliphatic hydroxyl groups is 1. The zero-order valence-corrected chi connectivity index (χ0v) is 24.7. The maximum absolute atomic E-state index is 12.5. The van der Waals surface area contributed by atoms with E-state index in [0.29, 0.717) is 29.1 Å². The van der Waals surface area contributed by atoms with Gasteiger partial charge in [-0.25, -0.2) is 0 Å². The molecule has 4 heteroatoms. The number of rotatable bonds is 3. The molecule has 0 aromatic rings. The molecule has 1 aliphatic heterocycles. The summed E-state index contributed by atoms with van der Waals surface area (Å²) in [5.41, 5.74) is 0.514. The molecular weight excluding hydrogens is 472 g/mol. The van der Waals surface area contributed by atoms with Crippen molar-refractivity contribution in [3.63, 3.8) is 0 Å². The van der Waals surface area contributed by atoms with E-state index < -0.39 is 17.2 Å². The Balaban J connectivity index is 1.32. The highest BCUT2D eigenvalue weighted by Crippen LogP contribution is 2.81. The Morgan fingerprint density at radius 1 is 0.921 bits per heavy atom. The van der Waals surface area contributed by atoms with Gasteiger partial charge in [-0.2, -0.15) is 0 Å².